The Morgan fingerprint density at radius 1 is 1.47 bits per heavy atom. The minimum absolute atomic E-state index is 0.148. The quantitative estimate of drug-likeness (QED) is 0.740. The van der Waals surface area contributed by atoms with Crippen molar-refractivity contribution < 1.29 is 4.79 Å². The molecular weight excluding hydrogens is 238 g/mol. The van der Waals surface area contributed by atoms with Crippen molar-refractivity contribution in [2.45, 2.75) is 65.0 Å². The molecular formula is C15H31N3O. The van der Waals surface area contributed by atoms with Crippen molar-refractivity contribution >= 4 is 5.91 Å². The monoisotopic (exact) mass is 269 g/mol. The Labute approximate surface area is 118 Å². The predicted molar refractivity (Wildman–Crippen MR) is 79.9 cm³/mol. The van der Waals surface area contributed by atoms with E-state index in [9.17, 15) is 4.79 Å². The largest absolute Gasteiger partial charge is 0.353 e. The van der Waals surface area contributed by atoms with Crippen LogP contribution in [0.2, 0.25) is 0 Å². The molecule has 1 heterocycles. The van der Waals surface area contributed by atoms with E-state index >= 15 is 0 Å². The molecule has 3 N–H and O–H groups in total. The molecule has 1 aliphatic rings. The van der Waals surface area contributed by atoms with Gasteiger partial charge in [-0.3, -0.25) is 9.69 Å². The van der Waals surface area contributed by atoms with Gasteiger partial charge in [0.1, 0.15) is 0 Å². The maximum atomic E-state index is 12.0. The third-order valence-corrected chi connectivity index (χ3v) is 4.27. The Kier molecular flexibility index (Phi) is 7.39. The average molecular weight is 269 g/mol. The number of carbonyl (C=O) groups is 1. The molecule has 1 aliphatic heterocycles. The molecule has 0 aromatic heterocycles. The van der Waals surface area contributed by atoms with Crippen LogP contribution in [0, 0.1) is 5.92 Å². The normalized spacial score (nSPS) is 26.1. The van der Waals surface area contributed by atoms with Gasteiger partial charge in [0, 0.05) is 18.6 Å². The highest BCUT2D eigenvalue weighted by Gasteiger charge is 2.27. The van der Waals surface area contributed by atoms with Gasteiger partial charge < -0.3 is 11.1 Å². The number of hydrogen-bond acceptors (Lipinski definition) is 3. The number of nitrogens with zero attached hydrogens (tertiary/aromatic N) is 1. The van der Waals surface area contributed by atoms with Crippen LogP contribution < -0.4 is 11.1 Å². The summed E-state index contributed by atoms with van der Waals surface area (Å²) in [4.78, 5) is 14.3. The SMILES string of the molecule is CCCC(C)NC(=O)CN1CCC(CC)CC1CN. The fraction of sp³-hybridized carbons (Fsp3) is 0.933. The molecule has 1 rings (SSSR count). The van der Waals surface area contributed by atoms with Crippen LogP contribution >= 0.6 is 0 Å². The average Bonchev–Trinajstić information content (AvgIpc) is 2.39. The maximum absolute atomic E-state index is 12.0. The van der Waals surface area contributed by atoms with Gasteiger partial charge in [-0.05, 0) is 38.6 Å². The molecule has 112 valence electrons. The molecule has 4 nitrogen and oxygen atoms in total. The van der Waals surface area contributed by atoms with Crippen LogP contribution in [-0.2, 0) is 4.79 Å². The fourth-order valence-corrected chi connectivity index (χ4v) is 3.02. The van der Waals surface area contributed by atoms with E-state index < -0.39 is 0 Å². The lowest BCUT2D eigenvalue weighted by Gasteiger charge is -2.38. The van der Waals surface area contributed by atoms with E-state index in [1.165, 1.54) is 12.8 Å². The van der Waals surface area contributed by atoms with Crippen molar-refractivity contribution in [3.63, 3.8) is 0 Å². The van der Waals surface area contributed by atoms with Gasteiger partial charge >= 0.3 is 0 Å². The summed E-state index contributed by atoms with van der Waals surface area (Å²) in [5.41, 5.74) is 5.86. The van der Waals surface area contributed by atoms with E-state index in [2.05, 4.69) is 31.0 Å². The van der Waals surface area contributed by atoms with Crippen LogP contribution in [0.25, 0.3) is 0 Å². The summed E-state index contributed by atoms with van der Waals surface area (Å²) in [6.45, 7) is 8.64. The topological polar surface area (TPSA) is 58.4 Å². The van der Waals surface area contributed by atoms with Gasteiger partial charge in [-0.25, -0.2) is 0 Å². The summed E-state index contributed by atoms with van der Waals surface area (Å²) in [6, 6.07) is 0.660. The standard InChI is InChI=1S/C15H31N3O/c1-4-6-12(3)17-15(19)11-18-8-7-13(5-2)9-14(18)10-16/h12-14H,4-11,16H2,1-3H3,(H,17,19). The van der Waals surface area contributed by atoms with Crippen molar-refractivity contribution in [1.29, 1.82) is 0 Å². The van der Waals surface area contributed by atoms with Crippen molar-refractivity contribution in [3.05, 3.63) is 0 Å². The van der Waals surface area contributed by atoms with E-state index in [1.807, 2.05) is 0 Å². The summed E-state index contributed by atoms with van der Waals surface area (Å²) < 4.78 is 0. The highest BCUT2D eigenvalue weighted by Crippen LogP contribution is 2.24. The van der Waals surface area contributed by atoms with E-state index in [0.29, 0.717) is 19.1 Å². The van der Waals surface area contributed by atoms with Crippen LogP contribution in [0.1, 0.15) is 52.9 Å². The van der Waals surface area contributed by atoms with Crippen molar-refractivity contribution in [1.82, 2.24) is 10.2 Å². The molecule has 0 saturated carbocycles. The Morgan fingerprint density at radius 2 is 2.21 bits per heavy atom. The maximum Gasteiger partial charge on any atom is 0.234 e. The van der Waals surface area contributed by atoms with Gasteiger partial charge in [0.15, 0.2) is 0 Å². The highest BCUT2D eigenvalue weighted by atomic mass is 16.2. The van der Waals surface area contributed by atoms with Gasteiger partial charge in [-0.2, -0.15) is 0 Å². The first-order valence-electron chi connectivity index (χ1n) is 7.84. The number of hydrogen-bond donors (Lipinski definition) is 2. The Balaban J connectivity index is 2.40. The Hall–Kier alpha value is -0.610. The van der Waals surface area contributed by atoms with Crippen LogP contribution in [0.5, 0.6) is 0 Å². The minimum atomic E-state index is 0.148. The third kappa shape index (κ3) is 5.49. The van der Waals surface area contributed by atoms with E-state index in [1.54, 1.807) is 0 Å². The molecule has 0 aromatic rings. The third-order valence-electron chi connectivity index (χ3n) is 4.27. The second-order valence-corrected chi connectivity index (χ2v) is 5.92. The molecule has 1 fully saturated rings. The number of rotatable bonds is 7. The van der Waals surface area contributed by atoms with Crippen molar-refractivity contribution in [2.75, 3.05) is 19.6 Å². The van der Waals surface area contributed by atoms with Crippen LogP contribution in [0.3, 0.4) is 0 Å². The van der Waals surface area contributed by atoms with Crippen molar-refractivity contribution in [3.8, 4) is 0 Å². The van der Waals surface area contributed by atoms with Gasteiger partial charge in [0.2, 0.25) is 5.91 Å². The lowest BCUT2D eigenvalue weighted by molar-refractivity contribution is -0.124. The number of nitrogens with two attached hydrogens (primary N) is 1. The van der Waals surface area contributed by atoms with E-state index in [4.69, 9.17) is 5.73 Å². The lowest BCUT2D eigenvalue weighted by atomic mass is 9.89. The number of piperidine rings is 1. The first kappa shape index (κ1) is 16.4. The first-order chi connectivity index (χ1) is 9.10. The van der Waals surface area contributed by atoms with Gasteiger partial charge in [-0.15, -0.1) is 0 Å². The zero-order valence-corrected chi connectivity index (χ0v) is 12.8. The number of likely N-dealkylation sites (tertiary alicyclic amines) is 1. The molecule has 0 aliphatic carbocycles. The highest BCUT2D eigenvalue weighted by molar-refractivity contribution is 5.78. The molecule has 0 spiro atoms. The summed E-state index contributed by atoms with van der Waals surface area (Å²) in [6.07, 6.45) is 5.72. The van der Waals surface area contributed by atoms with Crippen LogP contribution in [-0.4, -0.2) is 42.5 Å². The van der Waals surface area contributed by atoms with Crippen LogP contribution in [0.4, 0.5) is 0 Å². The number of nitrogens with one attached hydrogen (secondary N) is 1. The fourth-order valence-electron chi connectivity index (χ4n) is 3.02. The Morgan fingerprint density at radius 3 is 2.79 bits per heavy atom. The molecule has 0 radical (unpaired) electrons. The minimum Gasteiger partial charge on any atom is -0.353 e. The molecule has 1 amide bonds. The number of carbonyl (C=O) groups excluding carboxylic acids is 1. The molecule has 1 saturated heterocycles. The molecule has 0 aromatic carbocycles. The van der Waals surface area contributed by atoms with E-state index in [-0.39, 0.29) is 11.9 Å². The van der Waals surface area contributed by atoms with Gasteiger partial charge in [-0.1, -0.05) is 26.7 Å². The zero-order valence-electron chi connectivity index (χ0n) is 12.8. The molecule has 3 unspecified atom stereocenters. The van der Waals surface area contributed by atoms with Gasteiger partial charge in [0.25, 0.3) is 0 Å². The second-order valence-electron chi connectivity index (χ2n) is 5.92. The smallest absolute Gasteiger partial charge is 0.234 e. The Bertz CT molecular complexity index is 270. The molecule has 3 atom stereocenters. The van der Waals surface area contributed by atoms with Crippen molar-refractivity contribution in [2.24, 2.45) is 11.7 Å². The summed E-state index contributed by atoms with van der Waals surface area (Å²) in [7, 11) is 0. The zero-order chi connectivity index (χ0) is 14.3. The molecule has 0 bridgehead atoms. The van der Waals surface area contributed by atoms with Gasteiger partial charge in [0.05, 0.1) is 6.54 Å². The molecule has 19 heavy (non-hydrogen) atoms. The summed E-state index contributed by atoms with van der Waals surface area (Å²) in [5.74, 6) is 0.932. The molecule has 4 heteroatoms. The number of amides is 1. The second kappa shape index (κ2) is 8.54. The summed E-state index contributed by atoms with van der Waals surface area (Å²) in [5, 5.41) is 3.08. The first-order valence-corrected chi connectivity index (χ1v) is 7.84. The van der Waals surface area contributed by atoms with Crippen LogP contribution in [0.15, 0.2) is 0 Å². The summed E-state index contributed by atoms with van der Waals surface area (Å²) >= 11 is 0. The predicted octanol–water partition coefficient (Wildman–Crippen LogP) is 1.74. The lowest BCUT2D eigenvalue weighted by Crippen LogP contribution is -2.51. The van der Waals surface area contributed by atoms with E-state index in [0.717, 1.165) is 31.7 Å².